The van der Waals surface area contributed by atoms with Crippen LogP contribution in [0.4, 0.5) is 0 Å². The Labute approximate surface area is 134 Å². The van der Waals surface area contributed by atoms with Gasteiger partial charge in [-0.25, -0.2) is 0 Å². The number of carbonyl (C=O) groups excluding carboxylic acids is 2. The van der Waals surface area contributed by atoms with Gasteiger partial charge in [0.1, 0.15) is 11.5 Å². The molecule has 6 nitrogen and oxygen atoms in total. The Morgan fingerprint density at radius 3 is 2.17 bits per heavy atom. The summed E-state index contributed by atoms with van der Waals surface area (Å²) in [6.45, 7) is 1.60. The number of benzene rings is 2. The van der Waals surface area contributed by atoms with Crippen LogP contribution in [0, 0.1) is 0 Å². The van der Waals surface area contributed by atoms with Gasteiger partial charge >= 0.3 is 0 Å². The van der Waals surface area contributed by atoms with Gasteiger partial charge in [-0.3, -0.25) is 20.4 Å². The van der Waals surface area contributed by atoms with E-state index in [0.29, 0.717) is 17.1 Å². The molecule has 1 unspecified atom stereocenters. The number of nitrogens with one attached hydrogen (secondary N) is 2. The smallest absolute Gasteiger partial charge is 0.279 e. The van der Waals surface area contributed by atoms with Crippen LogP contribution in [-0.2, 0) is 4.79 Å². The summed E-state index contributed by atoms with van der Waals surface area (Å²) in [5.41, 5.74) is 5.08. The van der Waals surface area contributed by atoms with Crippen LogP contribution in [0.2, 0.25) is 0 Å². The maximum atomic E-state index is 11.9. The first-order valence-electron chi connectivity index (χ1n) is 7.06. The third-order valence-corrected chi connectivity index (χ3v) is 3.08. The molecule has 0 heterocycles. The summed E-state index contributed by atoms with van der Waals surface area (Å²) in [6.07, 6.45) is -0.742. The maximum absolute atomic E-state index is 11.9. The lowest BCUT2D eigenvalue weighted by atomic mass is 10.2. The number of carbonyl (C=O) groups is 2. The van der Waals surface area contributed by atoms with E-state index in [9.17, 15) is 9.59 Å². The Morgan fingerprint density at radius 1 is 0.913 bits per heavy atom. The zero-order valence-corrected chi connectivity index (χ0v) is 12.9. The fourth-order valence-electron chi connectivity index (χ4n) is 1.79. The summed E-state index contributed by atoms with van der Waals surface area (Å²) in [7, 11) is 1.55. The quantitative estimate of drug-likeness (QED) is 0.827. The molecule has 2 rings (SSSR count). The highest BCUT2D eigenvalue weighted by Crippen LogP contribution is 2.11. The van der Waals surface area contributed by atoms with Crippen molar-refractivity contribution >= 4 is 11.8 Å². The monoisotopic (exact) mass is 314 g/mol. The summed E-state index contributed by atoms with van der Waals surface area (Å²) >= 11 is 0. The molecule has 0 radical (unpaired) electrons. The predicted molar refractivity (Wildman–Crippen MR) is 85.1 cm³/mol. The Morgan fingerprint density at radius 2 is 1.57 bits per heavy atom. The second-order valence-corrected chi connectivity index (χ2v) is 4.75. The average molecular weight is 314 g/mol. The molecule has 120 valence electrons. The topological polar surface area (TPSA) is 76.7 Å². The summed E-state index contributed by atoms with van der Waals surface area (Å²) in [4.78, 5) is 23.8. The minimum Gasteiger partial charge on any atom is -0.497 e. The first-order valence-corrected chi connectivity index (χ1v) is 7.06. The Hall–Kier alpha value is -3.02. The van der Waals surface area contributed by atoms with Crippen LogP contribution in [0.15, 0.2) is 54.6 Å². The molecule has 0 fully saturated rings. The van der Waals surface area contributed by atoms with Gasteiger partial charge in [-0.1, -0.05) is 18.2 Å². The van der Waals surface area contributed by atoms with Crippen LogP contribution >= 0.6 is 0 Å². The van der Waals surface area contributed by atoms with Gasteiger partial charge in [-0.2, -0.15) is 0 Å². The number of rotatable bonds is 5. The molecule has 0 spiro atoms. The van der Waals surface area contributed by atoms with Crippen LogP contribution in [0.1, 0.15) is 17.3 Å². The minimum atomic E-state index is -0.742. The zero-order valence-electron chi connectivity index (χ0n) is 12.9. The van der Waals surface area contributed by atoms with Crippen molar-refractivity contribution < 1.29 is 19.1 Å². The van der Waals surface area contributed by atoms with Crippen molar-refractivity contribution in [3.63, 3.8) is 0 Å². The van der Waals surface area contributed by atoms with E-state index in [1.165, 1.54) is 0 Å². The average Bonchev–Trinajstić information content (AvgIpc) is 2.60. The lowest BCUT2D eigenvalue weighted by Crippen LogP contribution is -2.47. The maximum Gasteiger partial charge on any atom is 0.279 e. The van der Waals surface area contributed by atoms with E-state index >= 15 is 0 Å². The normalized spacial score (nSPS) is 11.2. The van der Waals surface area contributed by atoms with E-state index in [1.54, 1.807) is 50.4 Å². The summed E-state index contributed by atoms with van der Waals surface area (Å²) in [5, 5.41) is 0. The Balaban J connectivity index is 1.84. The summed E-state index contributed by atoms with van der Waals surface area (Å²) in [6, 6.07) is 15.5. The first-order chi connectivity index (χ1) is 11.1. The van der Waals surface area contributed by atoms with Gasteiger partial charge in [0.05, 0.1) is 7.11 Å². The van der Waals surface area contributed by atoms with Crippen molar-refractivity contribution in [3.8, 4) is 11.5 Å². The van der Waals surface area contributed by atoms with Crippen molar-refractivity contribution in [1.82, 2.24) is 10.9 Å². The van der Waals surface area contributed by atoms with E-state index in [0.717, 1.165) is 0 Å². The van der Waals surface area contributed by atoms with Gasteiger partial charge < -0.3 is 9.47 Å². The standard InChI is InChI=1S/C17H18N2O4/c1-12(23-15-6-4-3-5-7-15)16(20)18-19-17(21)13-8-10-14(22-2)11-9-13/h3-12H,1-2H3,(H,18,20)(H,19,21). The van der Waals surface area contributed by atoms with Crippen LogP contribution in [0.25, 0.3) is 0 Å². The Bertz CT molecular complexity index is 656. The van der Waals surface area contributed by atoms with Crippen LogP contribution in [0.3, 0.4) is 0 Å². The number of methoxy groups -OCH3 is 1. The predicted octanol–water partition coefficient (Wildman–Crippen LogP) is 1.92. The molecule has 6 heteroatoms. The Kier molecular flexibility index (Phi) is 5.57. The molecule has 2 aromatic rings. The lowest BCUT2D eigenvalue weighted by molar-refractivity contribution is -0.128. The zero-order chi connectivity index (χ0) is 16.7. The SMILES string of the molecule is COc1ccc(C(=O)NNC(=O)C(C)Oc2ccccc2)cc1. The molecular formula is C17H18N2O4. The molecule has 0 saturated heterocycles. The van der Waals surface area contributed by atoms with Crippen molar-refractivity contribution in [2.75, 3.05) is 7.11 Å². The second kappa shape index (κ2) is 7.84. The highest BCUT2D eigenvalue weighted by atomic mass is 16.5. The first kappa shape index (κ1) is 16.4. The van der Waals surface area contributed by atoms with Crippen molar-refractivity contribution in [2.24, 2.45) is 0 Å². The number of amides is 2. The minimum absolute atomic E-state index is 0.405. The van der Waals surface area contributed by atoms with Gasteiger partial charge in [-0.05, 0) is 43.3 Å². The van der Waals surface area contributed by atoms with Crippen LogP contribution in [-0.4, -0.2) is 25.0 Å². The van der Waals surface area contributed by atoms with Gasteiger partial charge in [0.25, 0.3) is 11.8 Å². The number of hydrogen-bond acceptors (Lipinski definition) is 4. The van der Waals surface area contributed by atoms with Gasteiger partial charge in [0.15, 0.2) is 6.10 Å². The van der Waals surface area contributed by atoms with Gasteiger partial charge in [0, 0.05) is 5.56 Å². The van der Waals surface area contributed by atoms with Crippen molar-refractivity contribution in [3.05, 3.63) is 60.2 Å². The third kappa shape index (κ3) is 4.74. The van der Waals surface area contributed by atoms with Gasteiger partial charge in [-0.15, -0.1) is 0 Å². The number of hydrogen-bond donors (Lipinski definition) is 2. The van der Waals surface area contributed by atoms with Crippen LogP contribution in [0.5, 0.6) is 11.5 Å². The van der Waals surface area contributed by atoms with E-state index in [4.69, 9.17) is 9.47 Å². The fraction of sp³-hybridized carbons (Fsp3) is 0.176. The highest BCUT2D eigenvalue weighted by molar-refractivity contribution is 5.95. The highest BCUT2D eigenvalue weighted by Gasteiger charge is 2.15. The molecule has 0 aliphatic heterocycles. The fourth-order valence-corrected chi connectivity index (χ4v) is 1.79. The number of ether oxygens (including phenoxy) is 2. The van der Waals surface area contributed by atoms with E-state index in [2.05, 4.69) is 10.9 Å². The molecule has 2 N–H and O–H groups in total. The molecule has 0 aliphatic carbocycles. The molecule has 0 saturated carbocycles. The molecule has 2 amide bonds. The van der Waals surface area contributed by atoms with Crippen molar-refractivity contribution in [1.29, 1.82) is 0 Å². The van der Waals surface area contributed by atoms with E-state index in [1.807, 2.05) is 18.2 Å². The van der Waals surface area contributed by atoms with Crippen molar-refractivity contribution in [2.45, 2.75) is 13.0 Å². The summed E-state index contributed by atoms with van der Waals surface area (Å²) < 4.78 is 10.5. The van der Waals surface area contributed by atoms with Gasteiger partial charge in [0.2, 0.25) is 0 Å². The van der Waals surface area contributed by atoms with Crippen LogP contribution < -0.4 is 20.3 Å². The molecular weight excluding hydrogens is 296 g/mol. The van der Waals surface area contributed by atoms with E-state index < -0.39 is 17.9 Å². The van der Waals surface area contributed by atoms with E-state index in [-0.39, 0.29) is 0 Å². The lowest BCUT2D eigenvalue weighted by Gasteiger charge is -2.15. The number of para-hydroxylation sites is 1. The molecule has 23 heavy (non-hydrogen) atoms. The third-order valence-electron chi connectivity index (χ3n) is 3.08. The largest absolute Gasteiger partial charge is 0.497 e. The summed E-state index contributed by atoms with van der Waals surface area (Å²) in [5.74, 6) is 0.357. The molecule has 1 atom stereocenters. The molecule has 0 aliphatic rings. The second-order valence-electron chi connectivity index (χ2n) is 4.75. The molecule has 0 aromatic heterocycles. The molecule has 0 bridgehead atoms. The molecule has 2 aromatic carbocycles. The number of hydrazine groups is 1.